The van der Waals surface area contributed by atoms with Crippen molar-refractivity contribution in [1.29, 1.82) is 0 Å². The summed E-state index contributed by atoms with van der Waals surface area (Å²) in [5.41, 5.74) is -0.737. The largest absolute Gasteiger partial charge is 0.481 e. The second-order valence-electron chi connectivity index (χ2n) is 4.91. The van der Waals surface area contributed by atoms with Crippen molar-refractivity contribution in [3.8, 4) is 0 Å². The van der Waals surface area contributed by atoms with E-state index in [1.54, 1.807) is 4.90 Å². The summed E-state index contributed by atoms with van der Waals surface area (Å²) in [5.74, 6) is -0.829. The fourth-order valence-corrected chi connectivity index (χ4v) is 2.46. The van der Waals surface area contributed by atoms with Crippen LogP contribution in [0.1, 0.15) is 24.8 Å². The maximum atomic E-state index is 12.9. The van der Waals surface area contributed by atoms with Gasteiger partial charge in [0.15, 0.2) is 0 Å². The number of halogens is 3. The molecule has 1 aromatic heterocycles. The standard InChI is InChI=1S/C13H15F3N2O2/c14-13(15,16)10-2-1-6-17-12(10)18-7-5-9(8-18)3-4-11(19)20/h1-2,6,9H,3-5,7-8H2,(H,19,20). The minimum Gasteiger partial charge on any atom is -0.481 e. The second-order valence-corrected chi connectivity index (χ2v) is 4.91. The molecule has 1 atom stereocenters. The third-order valence-corrected chi connectivity index (χ3v) is 3.44. The normalized spacial score (nSPS) is 19.4. The molecule has 1 N–H and O–H groups in total. The molecule has 2 rings (SSSR count). The zero-order chi connectivity index (χ0) is 14.8. The summed E-state index contributed by atoms with van der Waals surface area (Å²) in [6.45, 7) is 0.901. The number of nitrogens with zero attached hydrogens (tertiary/aromatic N) is 2. The molecule has 0 aliphatic carbocycles. The van der Waals surface area contributed by atoms with Gasteiger partial charge in [-0.25, -0.2) is 4.98 Å². The Labute approximate surface area is 114 Å². The van der Waals surface area contributed by atoms with E-state index in [0.717, 1.165) is 6.07 Å². The van der Waals surface area contributed by atoms with Crippen molar-refractivity contribution in [2.45, 2.75) is 25.4 Å². The molecule has 4 nitrogen and oxygen atoms in total. The molecule has 0 bridgehead atoms. The number of carboxylic acids is 1. The van der Waals surface area contributed by atoms with Gasteiger partial charge in [0, 0.05) is 25.7 Å². The quantitative estimate of drug-likeness (QED) is 0.925. The molecule has 0 radical (unpaired) electrons. The van der Waals surface area contributed by atoms with Gasteiger partial charge in [0.1, 0.15) is 5.82 Å². The zero-order valence-electron chi connectivity index (χ0n) is 10.7. The molecule has 2 heterocycles. The van der Waals surface area contributed by atoms with Crippen LogP contribution < -0.4 is 4.90 Å². The van der Waals surface area contributed by atoms with Crippen LogP contribution in [0.2, 0.25) is 0 Å². The number of rotatable bonds is 4. The molecule has 1 unspecified atom stereocenters. The van der Waals surface area contributed by atoms with Crippen LogP contribution in [0, 0.1) is 5.92 Å². The summed E-state index contributed by atoms with van der Waals surface area (Å²) in [4.78, 5) is 16.0. The SMILES string of the molecule is O=C(O)CCC1CCN(c2ncccc2C(F)(F)F)C1. The molecule has 7 heteroatoms. The molecule has 1 saturated heterocycles. The van der Waals surface area contributed by atoms with Crippen LogP contribution in [0.25, 0.3) is 0 Å². The first-order valence-electron chi connectivity index (χ1n) is 6.37. The first-order chi connectivity index (χ1) is 9.38. The molecule has 0 aromatic carbocycles. The Balaban J connectivity index is 2.09. The minimum absolute atomic E-state index is 0.0485. The van der Waals surface area contributed by atoms with Crippen LogP contribution in [-0.2, 0) is 11.0 Å². The van der Waals surface area contributed by atoms with E-state index in [0.29, 0.717) is 25.9 Å². The highest BCUT2D eigenvalue weighted by molar-refractivity contribution is 5.66. The van der Waals surface area contributed by atoms with Gasteiger partial charge in [-0.2, -0.15) is 13.2 Å². The summed E-state index contributed by atoms with van der Waals surface area (Å²) in [6, 6.07) is 2.29. The summed E-state index contributed by atoms with van der Waals surface area (Å²) < 4.78 is 38.7. The Morgan fingerprint density at radius 1 is 1.50 bits per heavy atom. The summed E-state index contributed by atoms with van der Waals surface area (Å²) in [5, 5.41) is 8.63. The topological polar surface area (TPSA) is 53.4 Å². The van der Waals surface area contributed by atoms with Gasteiger partial charge in [0.2, 0.25) is 0 Å². The Morgan fingerprint density at radius 2 is 2.25 bits per heavy atom. The van der Waals surface area contributed by atoms with E-state index in [9.17, 15) is 18.0 Å². The molecule has 0 amide bonds. The average molecular weight is 288 g/mol. The van der Waals surface area contributed by atoms with Crippen molar-refractivity contribution in [2.75, 3.05) is 18.0 Å². The lowest BCUT2D eigenvalue weighted by Crippen LogP contribution is -2.24. The van der Waals surface area contributed by atoms with Crippen LogP contribution in [0.5, 0.6) is 0 Å². The number of hydrogen-bond acceptors (Lipinski definition) is 3. The number of hydrogen-bond donors (Lipinski definition) is 1. The molecule has 1 aliphatic heterocycles. The highest BCUT2D eigenvalue weighted by atomic mass is 19.4. The Morgan fingerprint density at radius 3 is 2.90 bits per heavy atom. The average Bonchev–Trinajstić information content (AvgIpc) is 2.84. The summed E-state index contributed by atoms with van der Waals surface area (Å²) >= 11 is 0. The number of aliphatic carboxylic acids is 1. The van der Waals surface area contributed by atoms with Crippen molar-refractivity contribution in [1.82, 2.24) is 4.98 Å². The molecule has 1 aromatic rings. The van der Waals surface area contributed by atoms with Crippen molar-refractivity contribution >= 4 is 11.8 Å². The van der Waals surface area contributed by atoms with E-state index >= 15 is 0 Å². The van der Waals surface area contributed by atoms with Crippen LogP contribution in [0.4, 0.5) is 19.0 Å². The number of aromatic nitrogens is 1. The lowest BCUT2D eigenvalue weighted by Gasteiger charge is -2.21. The predicted octanol–water partition coefficient (Wildman–Crippen LogP) is 2.79. The van der Waals surface area contributed by atoms with Crippen molar-refractivity contribution in [3.63, 3.8) is 0 Å². The number of carbonyl (C=O) groups is 1. The van der Waals surface area contributed by atoms with Gasteiger partial charge in [0.05, 0.1) is 5.56 Å². The van der Waals surface area contributed by atoms with Gasteiger partial charge < -0.3 is 10.0 Å². The lowest BCUT2D eigenvalue weighted by atomic mass is 10.0. The van der Waals surface area contributed by atoms with Crippen molar-refractivity contribution in [3.05, 3.63) is 23.9 Å². The van der Waals surface area contributed by atoms with Crippen LogP contribution in [0.15, 0.2) is 18.3 Å². The minimum atomic E-state index is -4.43. The Kier molecular flexibility index (Phi) is 4.15. The summed E-state index contributed by atoms with van der Waals surface area (Å²) in [6.07, 6.45) is -1.86. The summed E-state index contributed by atoms with van der Waals surface area (Å²) in [7, 11) is 0. The highest BCUT2D eigenvalue weighted by Crippen LogP contribution is 2.37. The molecular weight excluding hydrogens is 273 g/mol. The molecule has 20 heavy (non-hydrogen) atoms. The van der Waals surface area contributed by atoms with Crippen molar-refractivity contribution in [2.24, 2.45) is 5.92 Å². The fourth-order valence-electron chi connectivity index (χ4n) is 2.46. The zero-order valence-corrected chi connectivity index (χ0v) is 10.7. The molecule has 1 aliphatic rings. The Bertz CT molecular complexity index is 491. The van der Waals surface area contributed by atoms with Gasteiger partial charge in [-0.3, -0.25) is 4.79 Å². The Hall–Kier alpha value is -1.79. The number of pyridine rings is 1. The fraction of sp³-hybridized carbons (Fsp3) is 0.538. The maximum absolute atomic E-state index is 12.9. The predicted molar refractivity (Wildman–Crippen MR) is 66.4 cm³/mol. The van der Waals surface area contributed by atoms with Gasteiger partial charge >= 0.3 is 12.1 Å². The molecule has 0 saturated carbocycles. The molecule has 1 fully saturated rings. The number of anilines is 1. The monoisotopic (exact) mass is 288 g/mol. The van der Waals surface area contributed by atoms with Crippen LogP contribution >= 0.6 is 0 Å². The molecular formula is C13H15F3N2O2. The maximum Gasteiger partial charge on any atom is 0.419 e. The van der Waals surface area contributed by atoms with Crippen LogP contribution in [0.3, 0.4) is 0 Å². The number of alkyl halides is 3. The van der Waals surface area contributed by atoms with Gasteiger partial charge in [-0.1, -0.05) is 0 Å². The van der Waals surface area contributed by atoms with E-state index in [1.807, 2.05) is 0 Å². The van der Waals surface area contributed by atoms with E-state index in [-0.39, 0.29) is 18.2 Å². The van der Waals surface area contributed by atoms with Crippen LogP contribution in [-0.4, -0.2) is 29.1 Å². The van der Waals surface area contributed by atoms with Gasteiger partial charge in [-0.05, 0) is 30.9 Å². The highest BCUT2D eigenvalue weighted by Gasteiger charge is 2.37. The second kappa shape index (κ2) is 5.68. The van der Waals surface area contributed by atoms with Gasteiger partial charge in [-0.15, -0.1) is 0 Å². The van der Waals surface area contributed by atoms with E-state index in [2.05, 4.69) is 4.98 Å². The third-order valence-electron chi connectivity index (χ3n) is 3.44. The smallest absolute Gasteiger partial charge is 0.419 e. The van der Waals surface area contributed by atoms with E-state index < -0.39 is 17.7 Å². The molecule has 110 valence electrons. The van der Waals surface area contributed by atoms with E-state index in [1.165, 1.54) is 12.3 Å². The lowest BCUT2D eigenvalue weighted by molar-refractivity contribution is -0.138. The first-order valence-corrected chi connectivity index (χ1v) is 6.37. The van der Waals surface area contributed by atoms with Crippen molar-refractivity contribution < 1.29 is 23.1 Å². The third kappa shape index (κ3) is 3.40. The number of carboxylic acid groups (broad SMARTS) is 1. The first kappa shape index (κ1) is 14.6. The molecule has 0 spiro atoms. The van der Waals surface area contributed by atoms with Gasteiger partial charge in [0.25, 0.3) is 0 Å². The van der Waals surface area contributed by atoms with E-state index in [4.69, 9.17) is 5.11 Å².